The molecule has 0 aliphatic carbocycles. The predicted octanol–water partition coefficient (Wildman–Crippen LogP) is 1.03. The van der Waals surface area contributed by atoms with Gasteiger partial charge in [-0.25, -0.2) is 0 Å². The third-order valence-corrected chi connectivity index (χ3v) is 0.632. The summed E-state index contributed by atoms with van der Waals surface area (Å²) in [6.45, 7) is 3.38. The van der Waals surface area contributed by atoms with Crippen molar-refractivity contribution in [3.05, 3.63) is 12.7 Å². The van der Waals surface area contributed by atoms with E-state index in [2.05, 4.69) is 6.58 Å². The number of hydrogen-bond acceptors (Lipinski definition) is 1. The van der Waals surface area contributed by atoms with Crippen molar-refractivity contribution in [1.29, 1.82) is 0 Å². The Bertz CT molecular complexity index is 28.1. The third kappa shape index (κ3) is 4.13. The Balaban J connectivity index is 2.40. The van der Waals surface area contributed by atoms with Crippen LogP contribution in [0, 0.1) is 0 Å². The van der Waals surface area contributed by atoms with Gasteiger partial charge in [-0.05, 0) is 0 Å². The van der Waals surface area contributed by atoms with Gasteiger partial charge in [-0.15, -0.1) is 6.58 Å². The first-order valence-corrected chi connectivity index (χ1v) is 2.37. The van der Waals surface area contributed by atoms with E-state index in [1.165, 1.54) is 0 Å². The summed E-state index contributed by atoms with van der Waals surface area (Å²) in [6, 6.07) is 0. The van der Waals surface area contributed by atoms with Crippen molar-refractivity contribution in [3.63, 3.8) is 0 Å². The van der Waals surface area contributed by atoms with Crippen molar-refractivity contribution < 1.29 is 4.89 Å². The van der Waals surface area contributed by atoms with Crippen molar-refractivity contribution in [2.24, 2.45) is 0 Å². The summed E-state index contributed by atoms with van der Waals surface area (Å²) in [5, 5.41) is 0. The number of hydrogen-bond donors (Lipinski definition) is 1. The first-order valence-electron chi connectivity index (χ1n) is 1.33. The molecule has 0 aliphatic rings. The molecule has 0 saturated carbocycles. The molecular weight excluding hydrogens is 83.0 g/mol. The van der Waals surface area contributed by atoms with Crippen molar-refractivity contribution in [3.8, 4) is 0 Å². The quantitative estimate of drug-likeness (QED) is 0.395. The molecule has 0 aromatic carbocycles. The lowest BCUT2D eigenvalue weighted by atomic mass is 10.8. The lowest BCUT2D eigenvalue weighted by Gasteiger charge is -1.71. The van der Waals surface area contributed by atoms with Gasteiger partial charge in [0.15, 0.2) is 0 Å². The molecule has 0 aromatic rings. The van der Waals surface area contributed by atoms with Crippen LogP contribution in [-0.4, -0.2) is 11.1 Å². The van der Waals surface area contributed by atoms with Crippen LogP contribution in [0.1, 0.15) is 0 Å². The van der Waals surface area contributed by atoms with E-state index in [0.717, 1.165) is 0 Å². The van der Waals surface area contributed by atoms with E-state index in [4.69, 9.17) is 4.89 Å². The molecule has 1 nitrogen and oxygen atoms in total. The van der Waals surface area contributed by atoms with Gasteiger partial charge in [0.2, 0.25) is 0 Å². The zero-order valence-electron chi connectivity index (χ0n) is 2.89. The van der Waals surface area contributed by atoms with Gasteiger partial charge in [-0.3, -0.25) is 0 Å². The summed E-state index contributed by atoms with van der Waals surface area (Å²) in [5.41, 5.74) is 0. The number of allylic oxidation sites excluding steroid dienone is 1. The molecule has 2 heteroatoms. The molecule has 1 radical (unpaired) electrons. The van der Waals surface area contributed by atoms with Crippen LogP contribution >= 0.6 is 8.81 Å². The minimum Gasteiger partial charge on any atom is -0.367 e. The molecule has 0 spiro atoms. The molecule has 1 N–H and O–H groups in total. The summed E-state index contributed by atoms with van der Waals surface area (Å²) in [6.07, 6.45) is 2.35. The number of rotatable bonds is 2. The first kappa shape index (κ1) is 5.13. The average Bonchev–Trinajstić information content (AvgIpc) is 1.41. The van der Waals surface area contributed by atoms with Gasteiger partial charge in [-0.2, -0.15) is 0 Å². The Kier molecular flexibility index (Phi) is 4.24. The highest BCUT2D eigenvalue weighted by Gasteiger charge is 1.65. The summed E-state index contributed by atoms with van der Waals surface area (Å²) in [4.78, 5) is 7.97. The molecule has 0 rings (SSSR count). The predicted molar refractivity (Wildman–Crippen MR) is 24.2 cm³/mol. The van der Waals surface area contributed by atoms with Gasteiger partial charge in [0, 0.05) is 6.16 Å². The molecule has 0 heterocycles. The summed E-state index contributed by atoms with van der Waals surface area (Å²) < 4.78 is 0. The largest absolute Gasteiger partial charge is 0.367 e. The summed E-state index contributed by atoms with van der Waals surface area (Å²) in [5.74, 6) is 0. The van der Waals surface area contributed by atoms with Crippen LogP contribution in [0.3, 0.4) is 0 Å². The van der Waals surface area contributed by atoms with E-state index >= 15 is 0 Å². The third-order valence-electron chi connectivity index (χ3n) is 0.211. The summed E-state index contributed by atoms with van der Waals surface area (Å²) >= 11 is 0. The molecule has 0 unspecified atom stereocenters. The Hall–Kier alpha value is 0.130. The minimum atomic E-state index is 0.412. The standard InChI is InChI=1S/C3H6OP/c1-2-3-5-4/h2,4H,1,3H2. The second-order valence-electron chi connectivity index (χ2n) is 0.613. The van der Waals surface area contributed by atoms with Gasteiger partial charge >= 0.3 is 0 Å². The Morgan fingerprint density at radius 1 is 2.00 bits per heavy atom. The Morgan fingerprint density at radius 2 is 2.60 bits per heavy atom. The summed E-state index contributed by atoms with van der Waals surface area (Å²) in [7, 11) is 0.412. The minimum absolute atomic E-state index is 0.412. The molecule has 0 saturated heterocycles. The van der Waals surface area contributed by atoms with Crippen molar-refractivity contribution >= 4 is 8.81 Å². The second kappa shape index (κ2) is 4.13. The maximum Gasteiger partial charge on any atom is 0.0811 e. The molecule has 0 amide bonds. The van der Waals surface area contributed by atoms with E-state index in [9.17, 15) is 0 Å². The average molecular weight is 89.1 g/mol. The molecule has 0 bridgehead atoms. The lowest BCUT2D eigenvalue weighted by Crippen LogP contribution is -1.54. The van der Waals surface area contributed by atoms with Gasteiger partial charge in [0.05, 0.1) is 8.81 Å². The van der Waals surface area contributed by atoms with Crippen LogP contribution in [0.2, 0.25) is 0 Å². The smallest absolute Gasteiger partial charge is 0.0811 e. The Labute approximate surface area is 33.6 Å². The molecule has 0 fully saturated rings. The fourth-order valence-electron chi connectivity index (χ4n) is 0.0577. The van der Waals surface area contributed by atoms with E-state index in [1.807, 2.05) is 0 Å². The highest BCUT2D eigenvalue weighted by Crippen LogP contribution is 1.97. The zero-order chi connectivity index (χ0) is 4.12. The van der Waals surface area contributed by atoms with E-state index in [-0.39, 0.29) is 0 Å². The van der Waals surface area contributed by atoms with Gasteiger partial charge in [0.1, 0.15) is 0 Å². The Morgan fingerprint density at radius 3 is 2.60 bits per heavy atom. The molecule has 5 heavy (non-hydrogen) atoms. The normalized spacial score (nSPS) is 9.80. The van der Waals surface area contributed by atoms with E-state index in [1.54, 1.807) is 6.08 Å². The molecule has 0 aromatic heterocycles. The van der Waals surface area contributed by atoms with Crippen molar-refractivity contribution in [2.75, 3.05) is 6.16 Å². The first-order chi connectivity index (χ1) is 2.41. The molecular formula is C3H6OP. The SMILES string of the molecule is C=CC[P]O. The monoisotopic (exact) mass is 89.0 g/mol. The van der Waals surface area contributed by atoms with Crippen molar-refractivity contribution in [1.82, 2.24) is 0 Å². The van der Waals surface area contributed by atoms with Crippen LogP contribution in [0.15, 0.2) is 12.7 Å². The maximum atomic E-state index is 7.97. The lowest BCUT2D eigenvalue weighted by molar-refractivity contribution is 0.648. The zero-order valence-corrected chi connectivity index (χ0v) is 3.78. The fourth-order valence-corrected chi connectivity index (χ4v) is 0.173. The topological polar surface area (TPSA) is 20.2 Å². The van der Waals surface area contributed by atoms with Crippen LogP contribution in [-0.2, 0) is 0 Å². The van der Waals surface area contributed by atoms with Crippen LogP contribution < -0.4 is 0 Å². The van der Waals surface area contributed by atoms with E-state index in [0.29, 0.717) is 15.0 Å². The fraction of sp³-hybridized carbons (Fsp3) is 0.333. The van der Waals surface area contributed by atoms with Crippen LogP contribution in [0.25, 0.3) is 0 Å². The highest BCUT2D eigenvalue weighted by atomic mass is 31.1. The van der Waals surface area contributed by atoms with Gasteiger partial charge in [-0.1, -0.05) is 6.08 Å². The van der Waals surface area contributed by atoms with E-state index < -0.39 is 0 Å². The highest BCUT2D eigenvalue weighted by molar-refractivity contribution is 7.31. The maximum absolute atomic E-state index is 7.97. The van der Waals surface area contributed by atoms with Gasteiger partial charge < -0.3 is 4.89 Å². The second-order valence-corrected chi connectivity index (χ2v) is 1.26. The molecule has 29 valence electrons. The van der Waals surface area contributed by atoms with Gasteiger partial charge in [0.25, 0.3) is 0 Å². The van der Waals surface area contributed by atoms with Crippen molar-refractivity contribution in [2.45, 2.75) is 0 Å². The van der Waals surface area contributed by atoms with Crippen LogP contribution in [0.4, 0.5) is 0 Å². The molecule has 0 aliphatic heterocycles. The van der Waals surface area contributed by atoms with Crippen LogP contribution in [0.5, 0.6) is 0 Å². The molecule has 0 atom stereocenters.